The van der Waals surface area contributed by atoms with Crippen LogP contribution in [0.2, 0.25) is 0 Å². The number of fused-ring (bicyclic) bond motifs is 6. The molecule has 0 saturated heterocycles. The van der Waals surface area contributed by atoms with E-state index in [1.54, 1.807) is 0 Å². The quantitative estimate of drug-likeness (QED) is 0.161. The van der Waals surface area contributed by atoms with Gasteiger partial charge in [-0.2, -0.15) is 9.97 Å². The second-order valence-corrected chi connectivity index (χ2v) is 15.2. The topological polar surface area (TPSA) is 65.8 Å². The van der Waals surface area contributed by atoms with E-state index < -0.39 is 0 Å². The van der Waals surface area contributed by atoms with Crippen molar-refractivity contribution in [3.05, 3.63) is 212 Å². The molecule has 0 spiro atoms. The minimum atomic E-state index is 0.570. The van der Waals surface area contributed by atoms with Crippen LogP contribution in [0.5, 0.6) is 0 Å². The molecule has 0 aliphatic rings. The Kier molecular flexibility index (Phi) is 8.03. The highest BCUT2D eigenvalue weighted by molar-refractivity contribution is 6.10. The highest BCUT2D eigenvalue weighted by Crippen LogP contribution is 2.40. The second kappa shape index (κ2) is 14.1. The molecule has 0 radical (unpaired) electrons. The van der Waals surface area contributed by atoms with E-state index in [0.29, 0.717) is 17.6 Å². The zero-order valence-electron chi connectivity index (χ0n) is 32.8. The van der Waals surface area contributed by atoms with Crippen LogP contribution in [-0.2, 0) is 0 Å². The highest BCUT2D eigenvalue weighted by atomic mass is 15.2. The average molecular weight is 782 g/mol. The number of nitrogens with zero attached hydrogens (tertiary/aromatic N) is 7. The largest absolute Gasteiger partial charge is 0.278 e. The molecule has 0 saturated carbocycles. The molecule has 12 rings (SSSR count). The Morgan fingerprint density at radius 2 is 0.820 bits per heavy atom. The summed E-state index contributed by atoms with van der Waals surface area (Å²) in [5, 5.41) is 2.23. The van der Waals surface area contributed by atoms with Crippen molar-refractivity contribution in [1.82, 2.24) is 33.5 Å². The summed E-state index contributed by atoms with van der Waals surface area (Å²) in [6.45, 7) is 0. The van der Waals surface area contributed by atoms with Gasteiger partial charge in [0.2, 0.25) is 11.7 Å². The van der Waals surface area contributed by atoms with Crippen LogP contribution in [0.25, 0.3) is 107 Å². The molecule has 4 aromatic heterocycles. The molecule has 0 bridgehead atoms. The number of imidazole rings is 2. The Hall–Kier alpha value is -8.42. The van der Waals surface area contributed by atoms with Gasteiger partial charge in [-0.3, -0.25) is 13.5 Å². The normalized spacial score (nSPS) is 11.6. The van der Waals surface area contributed by atoms with E-state index in [1.165, 1.54) is 0 Å². The first-order valence-electron chi connectivity index (χ1n) is 20.4. The molecule has 7 nitrogen and oxygen atoms in total. The fraction of sp³-hybridized carbons (Fsp3) is 0. The number of aromatic nitrogens is 7. The number of benzene rings is 8. The lowest BCUT2D eigenvalue weighted by molar-refractivity contribution is 0.953. The number of hydrogen-bond donors (Lipinski definition) is 0. The van der Waals surface area contributed by atoms with Crippen LogP contribution >= 0.6 is 0 Å². The van der Waals surface area contributed by atoms with E-state index in [4.69, 9.17) is 19.9 Å². The van der Waals surface area contributed by atoms with E-state index in [2.05, 4.69) is 165 Å². The molecule has 0 aliphatic carbocycles. The molecule has 0 fully saturated rings. The predicted octanol–water partition coefficient (Wildman–Crippen LogP) is 12.9. The summed E-state index contributed by atoms with van der Waals surface area (Å²) >= 11 is 0. The van der Waals surface area contributed by atoms with Gasteiger partial charge in [0.25, 0.3) is 0 Å². The van der Waals surface area contributed by atoms with E-state index in [-0.39, 0.29) is 0 Å². The molecule has 0 unspecified atom stereocenters. The van der Waals surface area contributed by atoms with Crippen LogP contribution in [0.3, 0.4) is 0 Å². The second-order valence-electron chi connectivity index (χ2n) is 15.2. The van der Waals surface area contributed by atoms with Crippen molar-refractivity contribution in [1.29, 1.82) is 0 Å². The first-order valence-corrected chi connectivity index (χ1v) is 20.4. The third-order valence-corrected chi connectivity index (χ3v) is 11.5. The van der Waals surface area contributed by atoms with Crippen LogP contribution in [0, 0.1) is 0 Å². The van der Waals surface area contributed by atoms with Gasteiger partial charge < -0.3 is 0 Å². The van der Waals surface area contributed by atoms with Gasteiger partial charge in [0.15, 0.2) is 11.6 Å². The lowest BCUT2D eigenvalue weighted by Gasteiger charge is -2.11. The maximum atomic E-state index is 5.44. The first-order chi connectivity index (χ1) is 30.3. The van der Waals surface area contributed by atoms with Crippen LogP contribution < -0.4 is 0 Å². The number of para-hydroxylation sites is 2. The third-order valence-electron chi connectivity index (χ3n) is 11.5. The monoisotopic (exact) mass is 781 g/mol. The van der Waals surface area contributed by atoms with Crippen LogP contribution in [0.15, 0.2) is 212 Å². The zero-order valence-corrected chi connectivity index (χ0v) is 32.8. The SMILES string of the molecule is c1ccc(-c2nc(-c3ccccc3)nc(-n3c4ccccc4c4cc(-c5ccc6c(c5)n5c(-c7ccccc7)c(-c7ccccc7)nc5n6-c5ccccc5)ccc43)n2)cc1. The van der Waals surface area contributed by atoms with E-state index in [9.17, 15) is 0 Å². The summed E-state index contributed by atoms with van der Waals surface area (Å²) in [6, 6.07) is 73.8. The molecule has 0 atom stereocenters. The van der Waals surface area contributed by atoms with Gasteiger partial charge in [-0.1, -0.05) is 170 Å². The molecular formula is C54H35N7. The summed E-state index contributed by atoms with van der Waals surface area (Å²) < 4.78 is 6.78. The molecule has 61 heavy (non-hydrogen) atoms. The molecule has 12 aromatic rings. The van der Waals surface area contributed by atoms with E-state index in [1.807, 2.05) is 60.7 Å². The lowest BCUT2D eigenvalue weighted by Crippen LogP contribution is -2.06. The van der Waals surface area contributed by atoms with Crippen LogP contribution in [0.4, 0.5) is 0 Å². The Morgan fingerprint density at radius 1 is 0.311 bits per heavy atom. The maximum absolute atomic E-state index is 5.44. The molecule has 4 heterocycles. The fourth-order valence-corrected chi connectivity index (χ4v) is 8.72. The van der Waals surface area contributed by atoms with Gasteiger partial charge in [-0.05, 0) is 53.6 Å². The molecule has 0 aliphatic heterocycles. The number of hydrogen-bond acceptors (Lipinski definition) is 4. The Labute approximate surface area is 351 Å². The van der Waals surface area contributed by atoms with Crippen LogP contribution in [0.1, 0.15) is 0 Å². The van der Waals surface area contributed by atoms with Gasteiger partial charge in [0, 0.05) is 38.7 Å². The van der Waals surface area contributed by atoms with Gasteiger partial charge in [0.05, 0.1) is 33.5 Å². The van der Waals surface area contributed by atoms with Crippen molar-refractivity contribution in [3.63, 3.8) is 0 Å². The van der Waals surface area contributed by atoms with Crippen molar-refractivity contribution in [3.8, 4) is 68.1 Å². The maximum Gasteiger partial charge on any atom is 0.238 e. The van der Waals surface area contributed by atoms with Gasteiger partial charge >= 0.3 is 0 Å². The number of rotatable bonds is 7. The molecular weight excluding hydrogens is 747 g/mol. The standard InChI is InChI=1S/C54H35N7/c1-6-18-36(19-7-1)49-50(37-20-8-2-9-21-37)61-48-35-41(31-33-47(48)59(54(61)55-49)42-26-14-5-15-27-42)40-30-32-46-44(34-40)43-28-16-17-29-45(43)60(46)53-57-51(38-22-10-3-11-23-38)56-52(58-53)39-24-12-4-13-25-39/h1-35H. The van der Waals surface area contributed by atoms with Crippen LogP contribution in [-0.4, -0.2) is 33.5 Å². The van der Waals surface area contributed by atoms with Crippen molar-refractivity contribution < 1.29 is 0 Å². The Balaban J connectivity index is 1.08. The lowest BCUT2D eigenvalue weighted by atomic mass is 10.0. The molecule has 8 aromatic carbocycles. The Morgan fingerprint density at radius 3 is 1.46 bits per heavy atom. The average Bonchev–Trinajstić information content (AvgIpc) is 3.99. The van der Waals surface area contributed by atoms with E-state index in [0.717, 1.165) is 89.1 Å². The zero-order chi connectivity index (χ0) is 40.3. The summed E-state index contributed by atoms with van der Waals surface area (Å²) in [7, 11) is 0. The highest BCUT2D eigenvalue weighted by Gasteiger charge is 2.24. The molecule has 0 N–H and O–H groups in total. The van der Waals surface area contributed by atoms with Crippen molar-refractivity contribution >= 4 is 38.6 Å². The van der Waals surface area contributed by atoms with Crippen molar-refractivity contribution in [2.45, 2.75) is 0 Å². The molecule has 7 heteroatoms. The summed E-state index contributed by atoms with van der Waals surface area (Å²) in [5.74, 6) is 2.68. The minimum Gasteiger partial charge on any atom is -0.278 e. The fourth-order valence-electron chi connectivity index (χ4n) is 8.72. The molecule has 286 valence electrons. The smallest absolute Gasteiger partial charge is 0.238 e. The first kappa shape index (κ1) is 34.6. The summed E-state index contributed by atoms with van der Waals surface area (Å²) in [4.78, 5) is 20.7. The predicted molar refractivity (Wildman–Crippen MR) is 247 cm³/mol. The van der Waals surface area contributed by atoms with Gasteiger partial charge in [-0.25, -0.2) is 9.97 Å². The van der Waals surface area contributed by atoms with Crippen molar-refractivity contribution in [2.75, 3.05) is 0 Å². The third kappa shape index (κ3) is 5.74. The minimum absolute atomic E-state index is 0.570. The Bertz CT molecular complexity index is 3500. The van der Waals surface area contributed by atoms with Gasteiger partial charge in [-0.15, -0.1) is 0 Å². The summed E-state index contributed by atoms with van der Waals surface area (Å²) in [6.07, 6.45) is 0. The van der Waals surface area contributed by atoms with Crippen molar-refractivity contribution in [2.24, 2.45) is 0 Å². The molecule has 0 amide bonds. The van der Waals surface area contributed by atoms with Gasteiger partial charge in [0.1, 0.15) is 0 Å². The van der Waals surface area contributed by atoms with E-state index >= 15 is 0 Å². The summed E-state index contributed by atoms with van der Waals surface area (Å²) in [5.41, 5.74) is 13.5.